The molecule has 1 rings (SSSR count). The Balaban J connectivity index is 2.33. The third-order valence-electron chi connectivity index (χ3n) is 2.95. The smallest absolute Gasteiger partial charge is 0.321 e. The fourth-order valence-corrected chi connectivity index (χ4v) is 1.72. The first kappa shape index (κ1) is 16.2. The van der Waals surface area contributed by atoms with E-state index < -0.39 is 6.03 Å². The second-order valence-corrected chi connectivity index (χ2v) is 4.99. The quantitative estimate of drug-likeness (QED) is 0.832. The fraction of sp³-hybridized carbons (Fsp3) is 0.467. The minimum absolute atomic E-state index is 0.0600. The summed E-state index contributed by atoms with van der Waals surface area (Å²) in [6, 6.07) is 9.51. The van der Waals surface area contributed by atoms with Crippen molar-refractivity contribution in [1.29, 1.82) is 0 Å². The summed E-state index contributed by atoms with van der Waals surface area (Å²) in [6.07, 6.45) is 0.829. The number of likely N-dealkylation sites (N-methyl/N-ethyl adjacent to an activating group) is 1. The van der Waals surface area contributed by atoms with Crippen molar-refractivity contribution >= 4 is 11.9 Å². The van der Waals surface area contributed by atoms with Crippen molar-refractivity contribution in [1.82, 2.24) is 15.5 Å². The first-order chi connectivity index (χ1) is 9.51. The number of hydrogen-bond donors (Lipinski definition) is 2. The van der Waals surface area contributed by atoms with Crippen molar-refractivity contribution < 1.29 is 9.59 Å². The zero-order chi connectivity index (χ0) is 15.0. The Kier molecular flexibility index (Phi) is 6.73. The monoisotopic (exact) mass is 277 g/mol. The molecule has 0 fully saturated rings. The second-order valence-electron chi connectivity index (χ2n) is 4.99. The van der Waals surface area contributed by atoms with Crippen LogP contribution in [0, 0.1) is 0 Å². The molecule has 0 saturated heterocycles. The zero-order valence-electron chi connectivity index (χ0n) is 12.3. The van der Waals surface area contributed by atoms with Gasteiger partial charge in [-0.15, -0.1) is 0 Å². The molecule has 3 amide bonds. The van der Waals surface area contributed by atoms with Crippen molar-refractivity contribution in [3.63, 3.8) is 0 Å². The Hall–Kier alpha value is -1.88. The highest BCUT2D eigenvalue weighted by Crippen LogP contribution is 2.01. The van der Waals surface area contributed by atoms with Crippen LogP contribution in [0.15, 0.2) is 30.3 Å². The van der Waals surface area contributed by atoms with E-state index in [4.69, 9.17) is 0 Å². The van der Waals surface area contributed by atoms with Gasteiger partial charge in [0, 0.05) is 12.6 Å². The standard InChI is InChI=1S/C15H23N3O2/c1-4-12(2)16-15(20)17-14(19)11-18(3)10-13-8-6-5-7-9-13/h5-9,12H,4,10-11H2,1-3H3,(H2,16,17,19,20)/t12-/m1/s1. The fourth-order valence-electron chi connectivity index (χ4n) is 1.72. The Labute approximate surface area is 120 Å². The maximum atomic E-state index is 11.7. The van der Waals surface area contributed by atoms with Gasteiger partial charge in [-0.1, -0.05) is 37.3 Å². The Bertz CT molecular complexity index is 434. The number of amides is 3. The molecule has 110 valence electrons. The topological polar surface area (TPSA) is 61.4 Å². The lowest BCUT2D eigenvalue weighted by Crippen LogP contribution is -2.46. The van der Waals surface area contributed by atoms with E-state index in [-0.39, 0.29) is 18.5 Å². The lowest BCUT2D eigenvalue weighted by Gasteiger charge is -2.17. The van der Waals surface area contributed by atoms with E-state index in [1.807, 2.05) is 56.1 Å². The molecule has 0 aliphatic rings. The molecule has 5 nitrogen and oxygen atoms in total. The number of benzene rings is 1. The number of imide groups is 1. The van der Waals surface area contributed by atoms with Gasteiger partial charge in [0.15, 0.2) is 0 Å². The number of carbonyl (C=O) groups is 2. The molecule has 0 unspecified atom stereocenters. The summed E-state index contributed by atoms with van der Waals surface area (Å²) >= 11 is 0. The highest BCUT2D eigenvalue weighted by Gasteiger charge is 2.11. The lowest BCUT2D eigenvalue weighted by atomic mass is 10.2. The SMILES string of the molecule is CC[C@@H](C)NC(=O)NC(=O)CN(C)Cc1ccccc1. The Morgan fingerprint density at radius 2 is 1.90 bits per heavy atom. The molecule has 0 bridgehead atoms. The van der Waals surface area contributed by atoms with Crippen LogP contribution in [0.2, 0.25) is 0 Å². The van der Waals surface area contributed by atoms with Crippen LogP contribution in [0.1, 0.15) is 25.8 Å². The van der Waals surface area contributed by atoms with Gasteiger partial charge in [0.25, 0.3) is 0 Å². The average molecular weight is 277 g/mol. The molecule has 0 aromatic heterocycles. The van der Waals surface area contributed by atoms with Gasteiger partial charge in [0.05, 0.1) is 6.54 Å². The molecule has 0 radical (unpaired) electrons. The minimum atomic E-state index is -0.433. The van der Waals surface area contributed by atoms with Crippen LogP contribution in [-0.2, 0) is 11.3 Å². The molecule has 1 aromatic carbocycles. The molecule has 1 aromatic rings. The summed E-state index contributed by atoms with van der Waals surface area (Å²) in [7, 11) is 1.85. The second kappa shape index (κ2) is 8.32. The summed E-state index contributed by atoms with van der Waals surface area (Å²) in [5, 5.41) is 5.03. The lowest BCUT2D eigenvalue weighted by molar-refractivity contribution is -0.120. The third kappa shape index (κ3) is 6.33. The molecule has 0 heterocycles. The average Bonchev–Trinajstić information content (AvgIpc) is 2.38. The first-order valence-corrected chi connectivity index (χ1v) is 6.84. The maximum absolute atomic E-state index is 11.7. The van der Waals surface area contributed by atoms with E-state index in [0.717, 1.165) is 12.0 Å². The predicted molar refractivity (Wildman–Crippen MR) is 79.2 cm³/mol. The molecule has 0 aliphatic carbocycles. The van der Waals surface area contributed by atoms with Crippen molar-refractivity contribution in [2.24, 2.45) is 0 Å². The molecular weight excluding hydrogens is 254 g/mol. The van der Waals surface area contributed by atoms with Crippen LogP contribution in [0.3, 0.4) is 0 Å². The van der Waals surface area contributed by atoms with Crippen molar-refractivity contribution in [3.8, 4) is 0 Å². The Morgan fingerprint density at radius 1 is 1.25 bits per heavy atom. The zero-order valence-corrected chi connectivity index (χ0v) is 12.3. The van der Waals surface area contributed by atoms with E-state index in [9.17, 15) is 9.59 Å². The normalized spacial score (nSPS) is 12.0. The molecule has 0 saturated carbocycles. The first-order valence-electron chi connectivity index (χ1n) is 6.84. The molecule has 20 heavy (non-hydrogen) atoms. The molecule has 0 spiro atoms. The summed E-state index contributed by atoms with van der Waals surface area (Å²) in [4.78, 5) is 25.1. The van der Waals surface area contributed by atoms with Crippen LogP contribution < -0.4 is 10.6 Å². The predicted octanol–water partition coefficient (Wildman–Crippen LogP) is 1.74. The van der Waals surface area contributed by atoms with E-state index in [0.29, 0.717) is 6.54 Å². The van der Waals surface area contributed by atoms with Gasteiger partial charge in [-0.2, -0.15) is 0 Å². The van der Waals surface area contributed by atoms with Crippen LogP contribution in [0.4, 0.5) is 4.79 Å². The van der Waals surface area contributed by atoms with Gasteiger partial charge in [0.2, 0.25) is 5.91 Å². The summed E-state index contributed by atoms with van der Waals surface area (Å²) in [6.45, 7) is 4.72. The van der Waals surface area contributed by atoms with Crippen LogP contribution >= 0.6 is 0 Å². The summed E-state index contributed by atoms with van der Waals surface area (Å²) in [5.41, 5.74) is 1.13. The van der Waals surface area contributed by atoms with E-state index in [1.54, 1.807) is 0 Å². The third-order valence-corrected chi connectivity index (χ3v) is 2.95. The van der Waals surface area contributed by atoms with Gasteiger partial charge in [-0.3, -0.25) is 15.0 Å². The van der Waals surface area contributed by atoms with Crippen molar-refractivity contribution in [3.05, 3.63) is 35.9 Å². The molecule has 1 atom stereocenters. The molecular formula is C15H23N3O2. The number of carbonyl (C=O) groups excluding carboxylic acids is 2. The maximum Gasteiger partial charge on any atom is 0.321 e. The van der Waals surface area contributed by atoms with Crippen molar-refractivity contribution in [2.75, 3.05) is 13.6 Å². The largest absolute Gasteiger partial charge is 0.335 e. The number of urea groups is 1. The molecule has 5 heteroatoms. The number of hydrogen-bond acceptors (Lipinski definition) is 3. The summed E-state index contributed by atoms with van der Waals surface area (Å²) < 4.78 is 0. The highest BCUT2D eigenvalue weighted by molar-refractivity contribution is 5.95. The van der Waals surface area contributed by atoms with Crippen LogP contribution in [0.25, 0.3) is 0 Å². The van der Waals surface area contributed by atoms with E-state index in [2.05, 4.69) is 10.6 Å². The van der Waals surface area contributed by atoms with Gasteiger partial charge in [-0.25, -0.2) is 4.79 Å². The van der Waals surface area contributed by atoms with Crippen molar-refractivity contribution in [2.45, 2.75) is 32.9 Å². The van der Waals surface area contributed by atoms with Crippen LogP contribution in [-0.4, -0.2) is 36.5 Å². The number of nitrogens with one attached hydrogen (secondary N) is 2. The van der Waals surface area contributed by atoms with Gasteiger partial charge in [-0.05, 0) is 26.0 Å². The summed E-state index contributed by atoms with van der Waals surface area (Å²) in [5.74, 6) is -0.302. The molecule has 2 N–H and O–H groups in total. The van der Waals surface area contributed by atoms with E-state index >= 15 is 0 Å². The highest BCUT2D eigenvalue weighted by atomic mass is 16.2. The van der Waals surface area contributed by atoms with E-state index in [1.165, 1.54) is 0 Å². The van der Waals surface area contributed by atoms with Gasteiger partial charge >= 0.3 is 6.03 Å². The van der Waals surface area contributed by atoms with Gasteiger partial charge in [0.1, 0.15) is 0 Å². The number of nitrogens with zero attached hydrogens (tertiary/aromatic N) is 1. The molecule has 0 aliphatic heterocycles. The minimum Gasteiger partial charge on any atom is -0.335 e. The number of rotatable bonds is 6. The van der Waals surface area contributed by atoms with Crippen LogP contribution in [0.5, 0.6) is 0 Å². The Morgan fingerprint density at radius 3 is 2.50 bits per heavy atom. The van der Waals surface area contributed by atoms with Gasteiger partial charge < -0.3 is 5.32 Å².